The van der Waals surface area contributed by atoms with Crippen LogP contribution in [0.15, 0.2) is 16.9 Å². The van der Waals surface area contributed by atoms with Crippen molar-refractivity contribution in [3.8, 4) is 0 Å². The number of rotatable bonds is 0. The fourth-order valence-corrected chi connectivity index (χ4v) is 1.53. The molecule has 2 aromatic rings. The second-order valence-corrected chi connectivity index (χ2v) is 3.31. The normalized spacial score (nSPS) is 10.8. The van der Waals surface area contributed by atoms with Gasteiger partial charge in [-0.05, 0) is 19.1 Å². The molecule has 1 aromatic carbocycles. The van der Waals surface area contributed by atoms with E-state index in [9.17, 15) is 9.18 Å². The number of aryl methyl sites for hydroxylation is 1. The van der Waals surface area contributed by atoms with Crippen LogP contribution in [0.4, 0.5) is 4.39 Å². The minimum atomic E-state index is -0.543. The molecule has 0 unspecified atom stereocenters. The average Bonchev–Trinajstić information content (AvgIpc) is 2.10. The molecule has 0 aliphatic heterocycles. The van der Waals surface area contributed by atoms with Crippen LogP contribution < -0.4 is 5.56 Å². The van der Waals surface area contributed by atoms with Crippen molar-refractivity contribution < 1.29 is 4.39 Å². The lowest BCUT2D eigenvalue weighted by Crippen LogP contribution is -2.10. The lowest BCUT2D eigenvalue weighted by Gasteiger charge is -2.01. The van der Waals surface area contributed by atoms with Crippen LogP contribution in [0, 0.1) is 12.7 Å². The summed E-state index contributed by atoms with van der Waals surface area (Å²) in [5.41, 5.74) is -0.407. The van der Waals surface area contributed by atoms with Crippen LogP contribution in [-0.4, -0.2) is 9.97 Å². The zero-order valence-corrected chi connectivity index (χ0v) is 8.02. The number of hydrogen-bond donors (Lipinski definition) is 1. The summed E-state index contributed by atoms with van der Waals surface area (Å²) in [7, 11) is 0. The molecule has 0 saturated heterocycles. The Morgan fingerprint density at radius 2 is 2.21 bits per heavy atom. The van der Waals surface area contributed by atoms with Crippen molar-refractivity contribution in [2.24, 2.45) is 0 Å². The molecule has 3 nitrogen and oxygen atoms in total. The first-order valence-corrected chi connectivity index (χ1v) is 4.32. The largest absolute Gasteiger partial charge is 0.310 e. The maximum absolute atomic E-state index is 13.3. The first kappa shape index (κ1) is 9.15. The van der Waals surface area contributed by atoms with Gasteiger partial charge in [-0.25, -0.2) is 9.37 Å². The van der Waals surface area contributed by atoms with E-state index in [1.807, 2.05) is 0 Å². The Balaban J connectivity index is 3.08. The molecule has 0 bridgehead atoms. The van der Waals surface area contributed by atoms with Crippen LogP contribution in [0.1, 0.15) is 5.82 Å². The van der Waals surface area contributed by atoms with Gasteiger partial charge in [0.2, 0.25) is 0 Å². The Labute approximate surface area is 83.5 Å². The number of halogens is 2. The van der Waals surface area contributed by atoms with Crippen LogP contribution >= 0.6 is 11.6 Å². The van der Waals surface area contributed by atoms with Crippen LogP contribution in [0.25, 0.3) is 10.9 Å². The highest BCUT2D eigenvalue weighted by atomic mass is 35.5. The molecule has 2 rings (SSSR count). The Hall–Kier alpha value is -1.42. The third-order valence-electron chi connectivity index (χ3n) is 1.88. The maximum atomic E-state index is 13.3. The molecule has 1 N–H and O–H groups in total. The van der Waals surface area contributed by atoms with Crippen molar-refractivity contribution in [2.45, 2.75) is 6.92 Å². The van der Waals surface area contributed by atoms with Gasteiger partial charge in [-0.2, -0.15) is 0 Å². The zero-order chi connectivity index (χ0) is 10.3. The van der Waals surface area contributed by atoms with E-state index in [2.05, 4.69) is 9.97 Å². The third kappa shape index (κ3) is 1.28. The van der Waals surface area contributed by atoms with Crippen molar-refractivity contribution in [3.63, 3.8) is 0 Å². The first-order chi connectivity index (χ1) is 6.59. The summed E-state index contributed by atoms with van der Waals surface area (Å²) in [5, 5.41) is 0.299. The van der Waals surface area contributed by atoms with E-state index in [0.717, 1.165) is 0 Å². The monoisotopic (exact) mass is 212 g/mol. The molecular formula is C9H6ClFN2O. The van der Waals surface area contributed by atoms with Gasteiger partial charge in [-0.15, -0.1) is 0 Å². The molecule has 1 aromatic heterocycles. The molecule has 0 saturated carbocycles. The summed E-state index contributed by atoms with van der Waals surface area (Å²) in [5.74, 6) is -0.178. The second-order valence-electron chi connectivity index (χ2n) is 2.90. The molecule has 0 spiro atoms. The number of benzene rings is 1. The van der Waals surface area contributed by atoms with Crippen LogP contribution in [0.3, 0.4) is 0 Å². The van der Waals surface area contributed by atoms with Gasteiger partial charge >= 0.3 is 0 Å². The van der Waals surface area contributed by atoms with Crippen LogP contribution in [0.5, 0.6) is 0 Å². The number of hydrogen-bond acceptors (Lipinski definition) is 2. The number of nitrogens with one attached hydrogen (secondary N) is 1. The molecule has 0 fully saturated rings. The minimum absolute atomic E-state index is 0.0127. The van der Waals surface area contributed by atoms with E-state index in [1.165, 1.54) is 12.1 Å². The number of fused-ring (bicyclic) bond motifs is 1. The lowest BCUT2D eigenvalue weighted by atomic mass is 10.2. The molecule has 0 aliphatic rings. The Kier molecular flexibility index (Phi) is 2.00. The minimum Gasteiger partial charge on any atom is -0.310 e. The second kappa shape index (κ2) is 3.06. The summed E-state index contributed by atoms with van der Waals surface area (Å²) in [6.07, 6.45) is 0. The summed E-state index contributed by atoms with van der Waals surface area (Å²) in [6.45, 7) is 1.58. The SMILES string of the molecule is Cc1nc2c(F)ccc(Cl)c2c(=O)[nH]1. The molecule has 0 radical (unpaired) electrons. The van der Waals surface area contributed by atoms with Crippen molar-refractivity contribution in [3.05, 3.63) is 39.2 Å². The van der Waals surface area contributed by atoms with Crippen molar-refractivity contribution in [1.82, 2.24) is 9.97 Å². The Bertz CT molecular complexity index is 564. The quantitative estimate of drug-likeness (QED) is 0.726. The molecule has 72 valence electrons. The van der Waals surface area contributed by atoms with Crippen molar-refractivity contribution in [1.29, 1.82) is 0 Å². The maximum Gasteiger partial charge on any atom is 0.260 e. The van der Waals surface area contributed by atoms with Gasteiger partial charge in [0.25, 0.3) is 5.56 Å². The first-order valence-electron chi connectivity index (χ1n) is 3.94. The predicted octanol–water partition coefficient (Wildman–Crippen LogP) is 2.02. The molecule has 0 atom stereocenters. The van der Waals surface area contributed by atoms with Crippen molar-refractivity contribution >= 4 is 22.5 Å². The van der Waals surface area contributed by atoms with Gasteiger partial charge < -0.3 is 4.98 Å². The molecule has 1 heterocycles. The topological polar surface area (TPSA) is 45.8 Å². The van der Waals surface area contributed by atoms with Crippen molar-refractivity contribution in [2.75, 3.05) is 0 Å². The zero-order valence-electron chi connectivity index (χ0n) is 7.27. The smallest absolute Gasteiger partial charge is 0.260 e. The highest BCUT2D eigenvalue weighted by Crippen LogP contribution is 2.20. The molecule has 14 heavy (non-hydrogen) atoms. The van der Waals surface area contributed by atoms with Crippen LogP contribution in [-0.2, 0) is 0 Å². The fourth-order valence-electron chi connectivity index (χ4n) is 1.29. The number of nitrogens with zero attached hydrogens (tertiary/aromatic N) is 1. The van der Waals surface area contributed by atoms with E-state index in [-0.39, 0.29) is 15.9 Å². The van der Waals surface area contributed by atoms with Gasteiger partial charge in [0, 0.05) is 0 Å². The Morgan fingerprint density at radius 3 is 2.93 bits per heavy atom. The average molecular weight is 213 g/mol. The van der Waals surface area contributed by atoms with Gasteiger partial charge in [-0.3, -0.25) is 4.79 Å². The summed E-state index contributed by atoms with van der Waals surface area (Å²) in [4.78, 5) is 17.8. The molecular weight excluding hydrogens is 207 g/mol. The highest BCUT2D eigenvalue weighted by Gasteiger charge is 2.09. The summed E-state index contributed by atoms with van der Waals surface area (Å²) >= 11 is 5.76. The van der Waals surface area contributed by atoms with Gasteiger partial charge in [0.05, 0.1) is 10.4 Å². The lowest BCUT2D eigenvalue weighted by molar-refractivity contribution is 0.636. The van der Waals surface area contributed by atoms with E-state index in [4.69, 9.17) is 11.6 Å². The third-order valence-corrected chi connectivity index (χ3v) is 2.19. The number of H-pyrrole nitrogens is 1. The number of aromatic amines is 1. The van der Waals surface area contributed by atoms with Gasteiger partial charge in [0.1, 0.15) is 17.2 Å². The van der Waals surface area contributed by atoms with E-state index in [1.54, 1.807) is 6.92 Å². The fraction of sp³-hybridized carbons (Fsp3) is 0.111. The molecule has 0 aliphatic carbocycles. The van der Waals surface area contributed by atoms with Gasteiger partial charge in [0.15, 0.2) is 0 Å². The molecule has 0 amide bonds. The highest BCUT2D eigenvalue weighted by molar-refractivity contribution is 6.35. The molecule has 5 heteroatoms. The van der Waals surface area contributed by atoms with E-state index in [0.29, 0.717) is 5.82 Å². The Morgan fingerprint density at radius 1 is 1.50 bits per heavy atom. The van der Waals surface area contributed by atoms with E-state index >= 15 is 0 Å². The van der Waals surface area contributed by atoms with E-state index < -0.39 is 11.4 Å². The predicted molar refractivity (Wildman–Crippen MR) is 52.1 cm³/mol. The summed E-state index contributed by atoms with van der Waals surface area (Å²) < 4.78 is 13.3. The van der Waals surface area contributed by atoms with Crippen LogP contribution in [0.2, 0.25) is 5.02 Å². The summed E-state index contributed by atoms with van der Waals surface area (Å²) in [6, 6.07) is 2.53. The van der Waals surface area contributed by atoms with Gasteiger partial charge in [-0.1, -0.05) is 11.6 Å². The number of aromatic nitrogens is 2. The standard InChI is InChI=1S/C9H6ClFN2O/c1-4-12-8-6(11)3-2-5(10)7(8)9(14)13-4/h2-3H,1H3,(H,12,13,14).